The molecule has 1 aromatic rings. The van der Waals surface area contributed by atoms with Gasteiger partial charge in [-0.2, -0.15) is 5.10 Å². The molecule has 1 N–H and O–H groups in total. The molecule has 0 aliphatic rings. The topological polar surface area (TPSA) is 29.9 Å². The molecule has 0 spiro atoms. The predicted octanol–water partition coefficient (Wildman–Crippen LogP) is 3.96. The highest BCUT2D eigenvalue weighted by atomic mass is 15.3. The van der Waals surface area contributed by atoms with E-state index in [2.05, 4.69) is 48.9 Å². The van der Waals surface area contributed by atoms with Crippen LogP contribution in [0.15, 0.2) is 6.07 Å². The predicted molar refractivity (Wildman–Crippen MR) is 87.2 cm³/mol. The Bertz CT molecular complexity index is 357. The van der Waals surface area contributed by atoms with E-state index in [1.807, 2.05) is 0 Å². The Labute approximate surface area is 125 Å². The SMILES string of the molecule is CCCCCC(Cc1cc(CC)nn1CC)NCCC. The molecule has 0 aliphatic carbocycles. The van der Waals surface area contributed by atoms with Gasteiger partial charge in [-0.05, 0) is 38.8 Å². The number of nitrogens with one attached hydrogen (secondary N) is 1. The van der Waals surface area contributed by atoms with Crippen LogP contribution in [0.2, 0.25) is 0 Å². The molecule has 0 saturated heterocycles. The molecule has 3 heteroatoms. The van der Waals surface area contributed by atoms with Crippen LogP contribution in [0.3, 0.4) is 0 Å². The van der Waals surface area contributed by atoms with Crippen molar-refractivity contribution in [1.82, 2.24) is 15.1 Å². The lowest BCUT2D eigenvalue weighted by atomic mass is 10.0. The van der Waals surface area contributed by atoms with E-state index in [4.69, 9.17) is 0 Å². The molecule has 1 atom stereocenters. The van der Waals surface area contributed by atoms with Gasteiger partial charge >= 0.3 is 0 Å². The third-order valence-electron chi connectivity index (χ3n) is 3.87. The van der Waals surface area contributed by atoms with Gasteiger partial charge in [0.2, 0.25) is 0 Å². The largest absolute Gasteiger partial charge is 0.314 e. The molecule has 0 bridgehead atoms. The molecule has 20 heavy (non-hydrogen) atoms. The number of nitrogens with zero attached hydrogens (tertiary/aromatic N) is 2. The van der Waals surface area contributed by atoms with Crippen molar-refractivity contribution < 1.29 is 0 Å². The van der Waals surface area contributed by atoms with Crippen molar-refractivity contribution >= 4 is 0 Å². The lowest BCUT2D eigenvalue weighted by molar-refractivity contribution is 0.442. The molecule has 0 saturated carbocycles. The van der Waals surface area contributed by atoms with Crippen molar-refractivity contribution in [3.05, 3.63) is 17.5 Å². The van der Waals surface area contributed by atoms with E-state index in [1.54, 1.807) is 0 Å². The summed E-state index contributed by atoms with van der Waals surface area (Å²) in [5.41, 5.74) is 2.62. The third-order valence-corrected chi connectivity index (χ3v) is 3.87. The fourth-order valence-corrected chi connectivity index (χ4v) is 2.64. The third kappa shape index (κ3) is 5.66. The second-order valence-corrected chi connectivity index (χ2v) is 5.65. The summed E-state index contributed by atoms with van der Waals surface area (Å²) in [6.07, 6.45) is 8.61. The van der Waals surface area contributed by atoms with E-state index in [9.17, 15) is 0 Å². The van der Waals surface area contributed by atoms with Crippen LogP contribution in [0.1, 0.15) is 71.2 Å². The van der Waals surface area contributed by atoms with Gasteiger partial charge in [0.25, 0.3) is 0 Å². The fraction of sp³-hybridized carbons (Fsp3) is 0.824. The molecular weight excluding hydrogens is 246 g/mol. The smallest absolute Gasteiger partial charge is 0.0624 e. The first kappa shape index (κ1) is 17.2. The number of rotatable bonds is 11. The molecule has 1 heterocycles. The summed E-state index contributed by atoms with van der Waals surface area (Å²) in [4.78, 5) is 0. The molecule has 1 rings (SSSR count). The Balaban J connectivity index is 2.63. The zero-order chi connectivity index (χ0) is 14.8. The van der Waals surface area contributed by atoms with Crippen LogP contribution in [-0.4, -0.2) is 22.4 Å². The summed E-state index contributed by atoms with van der Waals surface area (Å²) in [7, 11) is 0. The summed E-state index contributed by atoms with van der Waals surface area (Å²) in [5.74, 6) is 0. The minimum Gasteiger partial charge on any atom is -0.314 e. The average Bonchev–Trinajstić information content (AvgIpc) is 2.87. The molecule has 0 radical (unpaired) electrons. The first-order chi connectivity index (χ1) is 9.74. The molecule has 0 fully saturated rings. The summed E-state index contributed by atoms with van der Waals surface area (Å²) >= 11 is 0. The van der Waals surface area contributed by atoms with Crippen LogP contribution in [0.4, 0.5) is 0 Å². The van der Waals surface area contributed by atoms with Gasteiger partial charge in [-0.3, -0.25) is 4.68 Å². The van der Waals surface area contributed by atoms with Gasteiger partial charge in [0.1, 0.15) is 0 Å². The van der Waals surface area contributed by atoms with Crippen molar-refractivity contribution in [2.75, 3.05) is 6.54 Å². The molecule has 0 aromatic carbocycles. The lowest BCUT2D eigenvalue weighted by Crippen LogP contribution is -2.32. The van der Waals surface area contributed by atoms with E-state index in [-0.39, 0.29) is 0 Å². The monoisotopic (exact) mass is 279 g/mol. The first-order valence-electron chi connectivity index (χ1n) is 8.54. The molecule has 1 aromatic heterocycles. The summed E-state index contributed by atoms with van der Waals surface area (Å²) in [6.45, 7) is 11.0. The Hall–Kier alpha value is -0.830. The number of unbranched alkanes of at least 4 members (excludes halogenated alkanes) is 2. The lowest BCUT2D eigenvalue weighted by Gasteiger charge is -2.19. The second kappa shape index (κ2) is 9.98. The van der Waals surface area contributed by atoms with Gasteiger partial charge < -0.3 is 5.32 Å². The number of hydrogen-bond donors (Lipinski definition) is 1. The summed E-state index contributed by atoms with van der Waals surface area (Å²) < 4.78 is 2.18. The summed E-state index contributed by atoms with van der Waals surface area (Å²) in [5, 5.41) is 8.38. The maximum absolute atomic E-state index is 4.67. The number of aryl methyl sites for hydroxylation is 2. The molecular formula is C17H33N3. The maximum Gasteiger partial charge on any atom is 0.0624 e. The van der Waals surface area contributed by atoms with Crippen LogP contribution < -0.4 is 5.32 Å². The quantitative estimate of drug-likeness (QED) is 0.621. The van der Waals surface area contributed by atoms with E-state index < -0.39 is 0 Å². The number of aromatic nitrogens is 2. The Morgan fingerprint density at radius 3 is 2.55 bits per heavy atom. The van der Waals surface area contributed by atoms with Crippen molar-refractivity contribution in [2.45, 2.75) is 85.2 Å². The van der Waals surface area contributed by atoms with Gasteiger partial charge in [0.15, 0.2) is 0 Å². The highest BCUT2D eigenvalue weighted by Crippen LogP contribution is 2.12. The van der Waals surface area contributed by atoms with Crippen LogP contribution in [0.25, 0.3) is 0 Å². The highest BCUT2D eigenvalue weighted by Gasteiger charge is 2.13. The van der Waals surface area contributed by atoms with Crippen LogP contribution in [0.5, 0.6) is 0 Å². The van der Waals surface area contributed by atoms with E-state index in [0.717, 1.165) is 25.9 Å². The van der Waals surface area contributed by atoms with Crippen molar-refractivity contribution in [2.24, 2.45) is 0 Å². The second-order valence-electron chi connectivity index (χ2n) is 5.65. The van der Waals surface area contributed by atoms with E-state index in [0.29, 0.717) is 6.04 Å². The normalized spacial score (nSPS) is 12.8. The van der Waals surface area contributed by atoms with Gasteiger partial charge in [0.05, 0.1) is 5.69 Å². The van der Waals surface area contributed by atoms with Crippen LogP contribution >= 0.6 is 0 Å². The fourth-order valence-electron chi connectivity index (χ4n) is 2.64. The van der Waals surface area contributed by atoms with E-state index >= 15 is 0 Å². The highest BCUT2D eigenvalue weighted by molar-refractivity contribution is 5.12. The zero-order valence-electron chi connectivity index (χ0n) is 13.9. The Morgan fingerprint density at radius 2 is 1.95 bits per heavy atom. The minimum absolute atomic E-state index is 0.605. The molecule has 3 nitrogen and oxygen atoms in total. The zero-order valence-corrected chi connectivity index (χ0v) is 13.9. The minimum atomic E-state index is 0.605. The number of hydrogen-bond acceptors (Lipinski definition) is 2. The van der Waals surface area contributed by atoms with Crippen LogP contribution in [0, 0.1) is 0 Å². The van der Waals surface area contributed by atoms with Gasteiger partial charge in [-0.15, -0.1) is 0 Å². The standard InChI is InChI=1S/C17H33N3/c1-5-9-10-11-16(18-12-6-2)14-17-13-15(7-3)19-20(17)8-4/h13,16,18H,5-12,14H2,1-4H3. The van der Waals surface area contributed by atoms with Gasteiger partial charge in [-0.1, -0.05) is 40.0 Å². The van der Waals surface area contributed by atoms with Crippen molar-refractivity contribution in [3.8, 4) is 0 Å². The molecule has 0 amide bonds. The van der Waals surface area contributed by atoms with Crippen LogP contribution in [-0.2, 0) is 19.4 Å². The first-order valence-corrected chi connectivity index (χ1v) is 8.54. The van der Waals surface area contributed by atoms with Gasteiger partial charge in [-0.25, -0.2) is 0 Å². The van der Waals surface area contributed by atoms with Gasteiger partial charge in [0, 0.05) is 24.7 Å². The Morgan fingerprint density at radius 1 is 1.15 bits per heavy atom. The van der Waals surface area contributed by atoms with E-state index in [1.165, 1.54) is 43.5 Å². The molecule has 116 valence electrons. The van der Waals surface area contributed by atoms with Crippen molar-refractivity contribution in [1.29, 1.82) is 0 Å². The molecule has 1 unspecified atom stereocenters. The average molecular weight is 279 g/mol. The molecule has 0 aliphatic heterocycles. The Kier molecular flexibility index (Phi) is 8.59. The summed E-state index contributed by atoms with van der Waals surface area (Å²) in [6, 6.07) is 2.90. The van der Waals surface area contributed by atoms with Crippen molar-refractivity contribution in [3.63, 3.8) is 0 Å². The maximum atomic E-state index is 4.67.